The Balaban J connectivity index is 1.69. The minimum absolute atomic E-state index is 0.0490. The molecule has 3 aromatic carbocycles. The fourth-order valence-electron chi connectivity index (χ4n) is 4.62. The summed E-state index contributed by atoms with van der Waals surface area (Å²) in [6, 6.07) is 17.5. The third-order valence-corrected chi connectivity index (χ3v) is 7.50. The van der Waals surface area contributed by atoms with Crippen molar-refractivity contribution in [3.8, 4) is 11.5 Å². The highest BCUT2D eigenvalue weighted by molar-refractivity contribution is 9.10. The molecule has 8 heteroatoms. The summed E-state index contributed by atoms with van der Waals surface area (Å²) in [5.41, 5.74) is 1.80. The minimum atomic E-state index is -0.706. The number of rotatable bonds is 8. The van der Waals surface area contributed by atoms with E-state index in [1.54, 1.807) is 23.1 Å². The first kappa shape index (κ1) is 26.5. The van der Waals surface area contributed by atoms with E-state index in [9.17, 15) is 9.59 Å². The molecule has 2 heterocycles. The van der Waals surface area contributed by atoms with Gasteiger partial charge in [-0.15, -0.1) is 0 Å². The van der Waals surface area contributed by atoms with Gasteiger partial charge in [-0.2, -0.15) is 0 Å². The summed E-state index contributed by atoms with van der Waals surface area (Å²) in [5, 5.41) is 0.409. The third kappa shape index (κ3) is 4.99. The van der Waals surface area contributed by atoms with Gasteiger partial charge < -0.3 is 13.9 Å². The monoisotopic (exact) mass is 639 g/mol. The molecule has 1 aromatic heterocycles. The molecule has 0 bridgehead atoms. The summed E-state index contributed by atoms with van der Waals surface area (Å²) in [7, 11) is 0. The molecule has 6 nitrogen and oxygen atoms in total. The third-order valence-electron chi connectivity index (χ3n) is 6.47. The molecule has 0 aliphatic carbocycles. The lowest BCUT2D eigenvalue weighted by Crippen LogP contribution is -2.29. The number of nitrogens with zero attached hydrogens (tertiary/aromatic N) is 1. The molecule has 38 heavy (non-hydrogen) atoms. The Kier molecular flexibility index (Phi) is 7.63. The Labute approximate surface area is 237 Å². The number of halogens is 2. The fourth-order valence-corrected chi connectivity index (χ4v) is 5.24. The molecular formula is C30H27Br2NO5. The van der Waals surface area contributed by atoms with Crippen LogP contribution in [0, 0.1) is 5.92 Å². The molecule has 0 saturated carbocycles. The van der Waals surface area contributed by atoms with Gasteiger partial charge in [0.1, 0.15) is 5.58 Å². The van der Waals surface area contributed by atoms with Gasteiger partial charge in [-0.05, 0) is 79.4 Å². The van der Waals surface area contributed by atoms with E-state index < -0.39 is 6.04 Å². The first-order valence-corrected chi connectivity index (χ1v) is 14.1. The van der Waals surface area contributed by atoms with Crippen LogP contribution in [0.1, 0.15) is 54.9 Å². The molecule has 0 N–H and O–H groups in total. The Morgan fingerprint density at radius 3 is 2.37 bits per heavy atom. The molecule has 1 aliphatic rings. The van der Waals surface area contributed by atoms with E-state index in [4.69, 9.17) is 13.9 Å². The van der Waals surface area contributed by atoms with Gasteiger partial charge in [0.15, 0.2) is 16.9 Å². The van der Waals surface area contributed by atoms with E-state index in [0.29, 0.717) is 52.9 Å². The molecule has 1 atom stereocenters. The Bertz CT molecular complexity index is 1560. The van der Waals surface area contributed by atoms with Gasteiger partial charge in [-0.3, -0.25) is 14.5 Å². The highest BCUT2D eigenvalue weighted by Gasteiger charge is 2.44. The van der Waals surface area contributed by atoms with Crippen molar-refractivity contribution in [3.05, 3.63) is 96.7 Å². The van der Waals surface area contributed by atoms with Crippen LogP contribution in [0.4, 0.5) is 5.69 Å². The Morgan fingerprint density at radius 2 is 1.66 bits per heavy atom. The number of fused-ring (bicyclic) bond motifs is 2. The molecule has 0 saturated heterocycles. The first-order chi connectivity index (χ1) is 18.3. The van der Waals surface area contributed by atoms with Crippen molar-refractivity contribution in [1.82, 2.24) is 0 Å². The van der Waals surface area contributed by atoms with Gasteiger partial charge in [0, 0.05) is 14.6 Å². The van der Waals surface area contributed by atoms with Crippen molar-refractivity contribution in [3.63, 3.8) is 0 Å². The second-order valence-electron chi connectivity index (χ2n) is 9.54. The number of carbonyl (C=O) groups is 1. The fraction of sp³-hybridized carbons (Fsp3) is 0.267. The van der Waals surface area contributed by atoms with E-state index in [1.165, 1.54) is 0 Å². The number of amides is 1. The molecule has 1 unspecified atom stereocenters. The van der Waals surface area contributed by atoms with Crippen LogP contribution in [0.15, 0.2) is 78.8 Å². The quantitative estimate of drug-likeness (QED) is 0.196. The average Bonchev–Trinajstić information content (AvgIpc) is 3.18. The highest BCUT2D eigenvalue weighted by Crippen LogP contribution is 2.43. The van der Waals surface area contributed by atoms with Crippen molar-refractivity contribution in [2.45, 2.75) is 33.2 Å². The zero-order valence-electron chi connectivity index (χ0n) is 21.3. The lowest BCUT2D eigenvalue weighted by Gasteiger charge is -2.26. The number of hydrogen-bond acceptors (Lipinski definition) is 5. The summed E-state index contributed by atoms with van der Waals surface area (Å²) in [4.78, 5) is 29.3. The predicted molar refractivity (Wildman–Crippen MR) is 156 cm³/mol. The van der Waals surface area contributed by atoms with Gasteiger partial charge in [0.05, 0.1) is 30.2 Å². The molecule has 1 aliphatic heterocycles. The molecule has 196 valence electrons. The number of anilines is 1. The van der Waals surface area contributed by atoms with E-state index >= 15 is 0 Å². The molecule has 0 spiro atoms. The van der Waals surface area contributed by atoms with Gasteiger partial charge in [-0.25, -0.2) is 0 Å². The minimum Gasteiger partial charge on any atom is -0.490 e. The summed E-state index contributed by atoms with van der Waals surface area (Å²) >= 11 is 6.91. The standard InChI is InChI=1S/C30H27Br2NO5/c1-4-36-25-15-18(5-11-24(25)37-14-13-17(2)3)27-26-28(34)22-16-20(32)8-12-23(22)38-29(26)30(35)33(27)21-9-6-19(31)7-10-21/h5-12,15-17,27H,4,13-14H2,1-3H3. The SMILES string of the molecule is CCOc1cc(C2c3c(oc4ccc(Br)cc4c3=O)C(=O)N2c2ccc(Br)cc2)ccc1OCCC(C)C. The molecule has 0 radical (unpaired) electrons. The predicted octanol–water partition coefficient (Wildman–Crippen LogP) is 7.89. The molecular weight excluding hydrogens is 614 g/mol. The van der Waals surface area contributed by atoms with E-state index in [-0.39, 0.29) is 17.1 Å². The van der Waals surface area contributed by atoms with Crippen molar-refractivity contribution < 1.29 is 18.7 Å². The maximum atomic E-state index is 13.9. The average molecular weight is 641 g/mol. The summed E-state index contributed by atoms with van der Waals surface area (Å²) in [6.07, 6.45) is 0.916. The summed E-state index contributed by atoms with van der Waals surface area (Å²) < 4.78 is 19.7. The van der Waals surface area contributed by atoms with Gasteiger partial charge >= 0.3 is 0 Å². The molecule has 5 rings (SSSR count). The van der Waals surface area contributed by atoms with Gasteiger partial charge in [0.2, 0.25) is 5.76 Å². The summed E-state index contributed by atoms with van der Waals surface area (Å²) in [5.74, 6) is 1.39. The van der Waals surface area contributed by atoms with Crippen LogP contribution in [0.3, 0.4) is 0 Å². The number of benzene rings is 3. The largest absolute Gasteiger partial charge is 0.490 e. The van der Waals surface area contributed by atoms with Crippen LogP contribution in [-0.4, -0.2) is 19.1 Å². The van der Waals surface area contributed by atoms with Gasteiger partial charge in [0.25, 0.3) is 5.91 Å². The maximum absolute atomic E-state index is 13.9. The Morgan fingerprint density at radius 1 is 0.921 bits per heavy atom. The van der Waals surface area contributed by atoms with Crippen LogP contribution in [0.25, 0.3) is 11.0 Å². The maximum Gasteiger partial charge on any atom is 0.295 e. The van der Waals surface area contributed by atoms with Crippen molar-refractivity contribution in [2.24, 2.45) is 5.92 Å². The highest BCUT2D eigenvalue weighted by atomic mass is 79.9. The first-order valence-electron chi connectivity index (χ1n) is 12.5. The van der Waals surface area contributed by atoms with Crippen LogP contribution in [-0.2, 0) is 0 Å². The zero-order valence-corrected chi connectivity index (χ0v) is 24.5. The summed E-state index contributed by atoms with van der Waals surface area (Å²) in [6.45, 7) is 7.22. The van der Waals surface area contributed by atoms with Crippen molar-refractivity contribution in [2.75, 3.05) is 18.1 Å². The number of ether oxygens (including phenoxy) is 2. The zero-order chi connectivity index (χ0) is 27.0. The lowest BCUT2D eigenvalue weighted by atomic mass is 9.97. The second kappa shape index (κ2) is 10.9. The van der Waals surface area contributed by atoms with E-state index in [2.05, 4.69) is 45.7 Å². The molecule has 0 fully saturated rings. The Hall–Kier alpha value is -3.10. The smallest absolute Gasteiger partial charge is 0.295 e. The topological polar surface area (TPSA) is 69.0 Å². The van der Waals surface area contributed by atoms with Gasteiger partial charge in [-0.1, -0.05) is 51.8 Å². The normalized spacial score (nSPS) is 14.8. The van der Waals surface area contributed by atoms with E-state index in [0.717, 1.165) is 20.9 Å². The van der Waals surface area contributed by atoms with Crippen molar-refractivity contribution in [1.29, 1.82) is 0 Å². The lowest BCUT2D eigenvalue weighted by molar-refractivity contribution is 0.0971. The number of hydrogen-bond donors (Lipinski definition) is 0. The second-order valence-corrected chi connectivity index (χ2v) is 11.4. The molecule has 4 aromatic rings. The van der Waals surface area contributed by atoms with E-state index in [1.807, 2.05) is 49.4 Å². The van der Waals surface area contributed by atoms with Crippen LogP contribution in [0.2, 0.25) is 0 Å². The number of carbonyl (C=O) groups excluding carboxylic acids is 1. The van der Waals surface area contributed by atoms with Crippen LogP contribution < -0.4 is 19.8 Å². The van der Waals surface area contributed by atoms with Crippen molar-refractivity contribution >= 4 is 54.4 Å². The van der Waals surface area contributed by atoms with Crippen LogP contribution in [0.5, 0.6) is 11.5 Å². The molecule has 1 amide bonds. The van der Waals surface area contributed by atoms with Crippen LogP contribution >= 0.6 is 31.9 Å².